The summed E-state index contributed by atoms with van der Waals surface area (Å²) >= 11 is 0. The molecule has 0 aromatic heterocycles. The SMILES string of the molecule is NC(N)=NCC1CCN(c2ccc(F)c(F)c2)C1. The Bertz CT molecular complexity index is 457. The highest BCUT2D eigenvalue weighted by Crippen LogP contribution is 2.25. The molecule has 0 bridgehead atoms. The Morgan fingerprint density at radius 2 is 2.11 bits per heavy atom. The van der Waals surface area contributed by atoms with E-state index in [1.54, 1.807) is 6.07 Å². The number of anilines is 1. The second-order valence-electron chi connectivity index (χ2n) is 4.46. The first-order valence-corrected chi connectivity index (χ1v) is 5.81. The van der Waals surface area contributed by atoms with Crippen LogP contribution in [0.25, 0.3) is 0 Å². The quantitative estimate of drug-likeness (QED) is 0.626. The molecule has 4 N–H and O–H groups in total. The van der Waals surface area contributed by atoms with Crippen molar-refractivity contribution in [1.82, 2.24) is 0 Å². The molecule has 1 aromatic rings. The first-order chi connectivity index (χ1) is 8.56. The lowest BCUT2D eigenvalue weighted by molar-refractivity contribution is 0.508. The van der Waals surface area contributed by atoms with Gasteiger partial charge in [-0.3, -0.25) is 4.99 Å². The summed E-state index contributed by atoms with van der Waals surface area (Å²) in [6.07, 6.45) is 0.940. The topological polar surface area (TPSA) is 67.6 Å². The number of halogens is 2. The van der Waals surface area contributed by atoms with Crippen molar-refractivity contribution >= 4 is 11.6 Å². The van der Waals surface area contributed by atoms with Crippen LogP contribution in [-0.4, -0.2) is 25.6 Å². The monoisotopic (exact) mass is 254 g/mol. The summed E-state index contributed by atoms with van der Waals surface area (Å²) < 4.78 is 26.0. The van der Waals surface area contributed by atoms with Crippen LogP contribution in [0.5, 0.6) is 0 Å². The Labute approximate surface area is 104 Å². The summed E-state index contributed by atoms with van der Waals surface area (Å²) in [4.78, 5) is 5.99. The van der Waals surface area contributed by atoms with E-state index in [1.165, 1.54) is 6.07 Å². The molecule has 1 unspecified atom stereocenters. The molecule has 6 heteroatoms. The first-order valence-electron chi connectivity index (χ1n) is 5.81. The van der Waals surface area contributed by atoms with E-state index in [0.717, 1.165) is 25.6 Å². The maximum atomic E-state index is 13.1. The maximum Gasteiger partial charge on any atom is 0.185 e. The van der Waals surface area contributed by atoms with Gasteiger partial charge in [0.25, 0.3) is 0 Å². The van der Waals surface area contributed by atoms with Crippen molar-refractivity contribution in [3.05, 3.63) is 29.8 Å². The molecule has 1 saturated heterocycles. The molecule has 1 aliphatic heterocycles. The molecule has 1 aromatic carbocycles. The highest BCUT2D eigenvalue weighted by Gasteiger charge is 2.23. The Morgan fingerprint density at radius 1 is 1.33 bits per heavy atom. The molecular formula is C12H16F2N4. The molecule has 18 heavy (non-hydrogen) atoms. The molecule has 0 radical (unpaired) electrons. The number of nitrogens with two attached hydrogens (primary N) is 2. The van der Waals surface area contributed by atoms with Crippen LogP contribution in [0.15, 0.2) is 23.2 Å². The normalized spacial score (nSPS) is 19.0. The molecule has 98 valence electrons. The number of aliphatic imine (C=N–C) groups is 1. The van der Waals surface area contributed by atoms with E-state index in [4.69, 9.17) is 11.5 Å². The lowest BCUT2D eigenvalue weighted by atomic mass is 10.1. The van der Waals surface area contributed by atoms with E-state index < -0.39 is 11.6 Å². The van der Waals surface area contributed by atoms with Gasteiger partial charge in [-0.15, -0.1) is 0 Å². The van der Waals surface area contributed by atoms with Crippen molar-refractivity contribution in [2.75, 3.05) is 24.5 Å². The predicted molar refractivity (Wildman–Crippen MR) is 67.4 cm³/mol. The summed E-state index contributed by atoms with van der Waals surface area (Å²) in [6.45, 7) is 2.13. The third-order valence-electron chi connectivity index (χ3n) is 3.09. The van der Waals surface area contributed by atoms with Gasteiger partial charge in [0, 0.05) is 31.4 Å². The first kappa shape index (κ1) is 12.6. The minimum atomic E-state index is -0.824. The van der Waals surface area contributed by atoms with Crippen LogP contribution in [0.3, 0.4) is 0 Å². The highest BCUT2D eigenvalue weighted by molar-refractivity contribution is 5.75. The second-order valence-corrected chi connectivity index (χ2v) is 4.46. The van der Waals surface area contributed by atoms with Crippen molar-refractivity contribution in [2.24, 2.45) is 22.4 Å². The Balaban J connectivity index is 1.99. The van der Waals surface area contributed by atoms with Crippen LogP contribution in [0.2, 0.25) is 0 Å². The number of rotatable bonds is 3. The largest absolute Gasteiger partial charge is 0.371 e. The van der Waals surface area contributed by atoms with Crippen LogP contribution in [-0.2, 0) is 0 Å². The molecular weight excluding hydrogens is 238 g/mol. The van der Waals surface area contributed by atoms with E-state index in [-0.39, 0.29) is 5.96 Å². The van der Waals surface area contributed by atoms with Crippen molar-refractivity contribution in [3.8, 4) is 0 Å². The van der Waals surface area contributed by atoms with Crippen LogP contribution in [0.4, 0.5) is 14.5 Å². The molecule has 2 rings (SSSR count). The summed E-state index contributed by atoms with van der Waals surface area (Å²) in [5.74, 6) is -1.21. The van der Waals surface area contributed by atoms with Gasteiger partial charge in [0.05, 0.1) is 0 Å². The number of guanidine groups is 1. The van der Waals surface area contributed by atoms with Crippen LogP contribution < -0.4 is 16.4 Å². The van der Waals surface area contributed by atoms with Gasteiger partial charge in [-0.25, -0.2) is 8.78 Å². The minimum Gasteiger partial charge on any atom is -0.371 e. The van der Waals surface area contributed by atoms with Crippen LogP contribution >= 0.6 is 0 Å². The third kappa shape index (κ3) is 2.88. The molecule has 4 nitrogen and oxygen atoms in total. The van der Waals surface area contributed by atoms with Crippen LogP contribution in [0.1, 0.15) is 6.42 Å². The Morgan fingerprint density at radius 3 is 2.78 bits per heavy atom. The van der Waals surface area contributed by atoms with E-state index in [1.807, 2.05) is 4.90 Å². The second kappa shape index (κ2) is 5.20. The minimum absolute atomic E-state index is 0.0845. The zero-order valence-corrected chi connectivity index (χ0v) is 9.94. The molecule has 1 fully saturated rings. The van der Waals surface area contributed by atoms with E-state index in [0.29, 0.717) is 18.2 Å². The molecule has 0 spiro atoms. The van der Waals surface area contributed by atoms with Gasteiger partial charge in [0.1, 0.15) is 0 Å². The van der Waals surface area contributed by atoms with Crippen LogP contribution in [0, 0.1) is 17.6 Å². The van der Waals surface area contributed by atoms with Crippen molar-refractivity contribution in [2.45, 2.75) is 6.42 Å². The number of benzene rings is 1. The average Bonchev–Trinajstić information content (AvgIpc) is 2.79. The van der Waals surface area contributed by atoms with Crippen molar-refractivity contribution in [3.63, 3.8) is 0 Å². The van der Waals surface area contributed by atoms with Gasteiger partial charge >= 0.3 is 0 Å². The molecule has 0 amide bonds. The number of hydrogen-bond acceptors (Lipinski definition) is 2. The number of hydrogen-bond donors (Lipinski definition) is 2. The number of nitrogens with zero attached hydrogens (tertiary/aromatic N) is 2. The van der Waals surface area contributed by atoms with Crippen molar-refractivity contribution in [1.29, 1.82) is 0 Å². The summed E-state index contributed by atoms with van der Waals surface area (Å²) in [5.41, 5.74) is 11.2. The van der Waals surface area contributed by atoms with Gasteiger partial charge in [0.15, 0.2) is 17.6 Å². The predicted octanol–water partition coefficient (Wildman–Crippen LogP) is 1.06. The van der Waals surface area contributed by atoms with Gasteiger partial charge in [0.2, 0.25) is 0 Å². The van der Waals surface area contributed by atoms with Gasteiger partial charge in [-0.05, 0) is 24.5 Å². The smallest absolute Gasteiger partial charge is 0.185 e. The standard InChI is InChI=1S/C12H16F2N4/c13-10-2-1-9(5-11(10)14)18-4-3-8(7-18)6-17-12(15)16/h1-2,5,8H,3-4,6-7H2,(H4,15,16,17). The fourth-order valence-corrected chi connectivity index (χ4v) is 2.13. The molecule has 0 saturated carbocycles. The summed E-state index contributed by atoms with van der Waals surface area (Å²) in [6, 6.07) is 3.95. The molecule has 1 atom stereocenters. The Kier molecular flexibility index (Phi) is 3.64. The van der Waals surface area contributed by atoms with E-state index in [2.05, 4.69) is 4.99 Å². The zero-order chi connectivity index (χ0) is 13.1. The maximum absolute atomic E-state index is 13.1. The molecule has 1 aliphatic rings. The fourth-order valence-electron chi connectivity index (χ4n) is 2.13. The van der Waals surface area contributed by atoms with E-state index >= 15 is 0 Å². The van der Waals surface area contributed by atoms with Gasteiger partial charge in [-0.1, -0.05) is 0 Å². The van der Waals surface area contributed by atoms with Crippen molar-refractivity contribution < 1.29 is 8.78 Å². The van der Waals surface area contributed by atoms with Gasteiger partial charge in [-0.2, -0.15) is 0 Å². The lowest BCUT2D eigenvalue weighted by Gasteiger charge is -2.18. The molecule has 1 heterocycles. The third-order valence-corrected chi connectivity index (χ3v) is 3.09. The highest BCUT2D eigenvalue weighted by atomic mass is 19.2. The summed E-state index contributed by atoms with van der Waals surface area (Å²) in [5, 5.41) is 0. The van der Waals surface area contributed by atoms with E-state index in [9.17, 15) is 8.78 Å². The Hall–Kier alpha value is -1.85. The fraction of sp³-hybridized carbons (Fsp3) is 0.417. The van der Waals surface area contributed by atoms with Gasteiger partial charge < -0.3 is 16.4 Å². The summed E-state index contributed by atoms with van der Waals surface area (Å²) in [7, 11) is 0. The zero-order valence-electron chi connectivity index (χ0n) is 9.94. The average molecular weight is 254 g/mol. The lowest BCUT2D eigenvalue weighted by Crippen LogP contribution is -2.25. The molecule has 0 aliphatic carbocycles.